The van der Waals surface area contributed by atoms with Crippen LogP contribution in [0.15, 0.2) is 29.1 Å². The van der Waals surface area contributed by atoms with E-state index in [0.717, 1.165) is 28.6 Å². The topological polar surface area (TPSA) is 147 Å². The number of hydrogen-bond acceptors (Lipinski definition) is 10. The van der Waals surface area contributed by atoms with Gasteiger partial charge in [0.25, 0.3) is 0 Å². The second-order valence-electron chi connectivity index (χ2n) is 9.09. The Morgan fingerprint density at radius 1 is 1.17 bits per heavy atom. The van der Waals surface area contributed by atoms with Gasteiger partial charge in [0.15, 0.2) is 17.5 Å². The Bertz CT molecular complexity index is 1200. The summed E-state index contributed by atoms with van der Waals surface area (Å²) in [5, 5.41) is 53.5. The molecule has 3 aromatic rings. The number of thioether (sulfide) groups is 1. The van der Waals surface area contributed by atoms with Crippen molar-refractivity contribution < 1.29 is 42.9 Å². The summed E-state index contributed by atoms with van der Waals surface area (Å²) in [6.45, 7) is 4.24. The van der Waals surface area contributed by atoms with Gasteiger partial charge in [-0.3, -0.25) is 0 Å². The summed E-state index contributed by atoms with van der Waals surface area (Å²) >= 11 is 1.01. The molecule has 36 heavy (non-hydrogen) atoms. The number of halogens is 3. The summed E-state index contributed by atoms with van der Waals surface area (Å²) in [5.41, 5.74) is -1.49. The maximum atomic E-state index is 13.7. The van der Waals surface area contributed by atoms with E-state index in [1.807, 2.05) is 0 Å². The monoisotopic (exact) mass is 530 g/mol. The van der Waals surface area contributed by atoms with Gasteiger partial charge in [0.2, 0.25) is 0 Å². The van der Waals surface area contributed by atoms with Crippen LogP contribution in [0.2, 0.25) is 0 Å². The summed E-state index contributed by atoms with van der Waals surface area (Å²) in [6.07, 6.45) is -1.41. The van der Waals surface area contributed by atoms with Gasteiger partial charge in [0, 0.05) is 11.1 Å². The quantitative estimate of drug-likeness (QED) is 0.334. The van der Waals surface area contributed by atoms with Crippen molar-refractivity contribution in [3.8, 4) is 11.3 Å². The fraction of sp³-hybridized carbons (Fsp3) is 0.500. The predicted molar refractivity (Wildman–Crippen MR) is 120 cm³/mol. The first kappa shape index (κ1) is 26.6. The van der Waals surface area contributed by atoms with Crippen molar-refractivity contribution in [2.24, 2.45) is 0 Å². The first-order valence-corrected chi connectivity index (χ1v) is 11.8. The number of benzene rings is 1. The number of ether oxygens (including phenoxy) is 1. The number of rotatable bonds is 7. The molecule has 4 rings (SSSR count). The third kappa shape index (κ3) is 5.01. The fourth-order valence-corrected chi connectivity index (χ4v) is 5.49. The van der Waals surface area contributed by atoms with E-state index in [4.69, 9.17) is 9.26 Å². The molecule has 1 saturated heterocycles. The van der Waals surface area contributed by atoms with Gasteiger partial charge in [0.1, 0.15) is 47.4 Å². The molecule has 0 saturated carbocycles. The first-order chi connectivity index (χ1) is 16.9. The largest absolute Gasteiger partial charge is 0.394 e. The number of aromatic nitrogens is 4. The molecule has 3 heterocycles. The van der Waals surface area contributed by atoms with E-state index in [1.54, 1.807) is 20.8 Å². The standard InChI is InChI=1S/C22H25F3N4O6S/c1-9-8-34-27-16(9)20(22(2,3)33)36-21-19(32)17(18(31)14(7-30)35-21)29-6-13(26-28-29)10-4-11(23)15(25)12(24)5-10/h4-6,8,14,17-21,30-33H,7H2,1-3H3/t14-,17+,18+,19-,20-,21+/m1/s1. The highest BCUT2D eigenvalue weighted by Gasteiger charge is 2.48. The second kappa shape index (κ2) is 10.1. The molecule has 1 aliphatic heterocycles. The van der Waals surface area contributed by atoms with Gasteiger partial charge in [-0.05, 0) is 32.9 Å². The molecule has 6 atom stereocenters. The van der Waals surface area contributed by atoms with Crippen LogP contribution in [0.3, 0.4) is 0 Å². The fourth-order valence-electron chi connectivity index (χ4n) is 4.00. The number of aryl methyl sites for hydroxylation is 1. The van der Waals surface area contributed by atoms with Gasteiger partial charge in [-0.2, -0.15) is 0 Å². The molecular formula is C22H25F3N4O6S. The molecule has 0 bridgehead atoms. The van der Waals surface area contributed by atoms with Gasteiger partial charge in [-0.15, -0.1) is 16.9 Å². The van der Waals surface area contributed by atoms with Gasteiger partial charge >= 0.3 is 0 Å². The summed E-state index contributed by atoms with van der Waals surface area (Å²) in [4.78, 5) is 0. The van der Waals surface area contributed by atoms with Crippen LogP contribution in [-0.4, -0.2) is 76.5 Å². The minimum absolute atomic E-state index is 0.0453. The molecule has 4 N–H and O–H groups in total. The zero-order valence-corrected chi connectivity index (χ0v) is 20.2. The van der Waals surface area contributed by atoms with Crippen LogP contribution in [0, 0.1) is 24.4 Å². The zero-order chi connectivity index (χ0) is 26.4. The Kier molecular flexibility index (Phi) is 7.46. The van der Waals surface area contributed by atoms with E-state index >= 15 is 0 Å². The predicted octanol–water partition coefficient (Wildman–Crippen LogP) is 1.88. The Morgan fingerprint density at radius 2 is 1.83 bits per heavy atom. The van der Waals surface area contributed by atoms with E-state index in [1.165, 1.54) is 12.5 Å². The Balaban J connectivity index is 1.66. The smallest absolute Gasteiger partial charge is 0.194 e. The van der Waals surface area contributed by atoms with Crippen LogP contribution in [0.4, 0.5) is 13.2 Å². The third-order valence-corrected chi connectivity index (χ3v) is 7.62. The van der Waals surface area contributed by atoms with Crippen LogP contribution < -0.4 is 0 Å². The summed E-state index contributed by atoms with van der Waals surface area (Å²) < 4.78 is 52.6. The maximum absolute atomic E-state index is 13.7. The first-order valence-electron chi connectivity index (χ1n) is 10.9. The second-order valence-corrected chi connectivity index (χ2v) is 10.3. The minimum Gasteiger partial charge on any atom is -0.394 e. The maximum Gasteiger partial charge on any atom is 0.194 e. The Labute approximate surface area is 207 Å². The molecule has 0 unspecified atom stereocenters. The zero-order valence-electron chi connectivity index (χ0n) is 19.4. The summed E-state index contributed by atoms with van der Waals surface area (Å²) in [6, 6.07) is 0.283. The Hall–Kier alpha value is -2.49. The van der Waals surface area contributed by atoms with E-state index in [-0.39, 0.29) is 11.3 Å². The van der Waals surface area contributed by atoms with Crippen LogP contribution >= 0.6 is 11.8 Å². The minimum atomic E-state index is -1.63. The lowest BCUT2D eigenvalue weighted by Gasteiger charge is -2.43. The highest BCUT2D eigenvalue weighted by atomic mass is 32.2. The highest BCUT2D eigenvalue weighted by molar-refractivity contribution is 8.00. The van der Waals surface area contributed by atoms with E-state index < -0.39 is 64.7 Å². The molecule has 1 aliphatic rings. The lowest BCUT2D eigenvalue weighted by Crippen LogP contribution is -2.55. The molecule has 1 aromatic carbocycles. The summed E-state index contributed by atoms with van der Waals surface area (Å²) in [5.74, 6) is -4.46. The molecule has 0 aliphatic carbocycles. The van der Waals surface area contributed by atoms with E-state index in [2.05, 4.69) is 15.5 Å². The molecule has 1 fully saturated rings. The third-order valence-electron chi connectivity index (χ3n) is 5.89. The Morgan fingerprint density at radius 3 is 2.39 bits per heavy atom. The number of aliphatic hydroxyl groups excluding tert-OH is 3. The SMILES string of the molecule is Cc1conc1[C@@H](S[C@@H]1O[C@H](CO)[C@H](O)[C@H](n2cc(-c3cc(F)c(F)c(F)c3)nn2)[C@H]1O)C(C)(C)O. The number of aliphatic hydroxyl groups is 4. The van der Waals surface area contributed by atoms with Crippen LogP contribution in [0.25, 0.3) is 11.3 Å². The molecule has 0 spiro atoms. The number of nitrogens with zero attached hydrogens (tertiary/aromatic N) is 4. The summed E-state index contributed by atoms with van der Waals surface area (Å²) in [7, 11) is 0. The van der Waals surface area contributed by atoms with E-state index in [9.17, 15) is 33.6 Å². The van der Waals surface area contributed by atoms with E-state index in [0.29, 0.717) is 11.3 Å². The van der Waals surface area contributed by atoms with Crippen LogP contribution in [0.1, 0.15) is 36.4 Å². The van der Waals surface area contributed by atoms with Gasteiger partial charge in [-0.25, -0.2) is 17.9 Å². The molecule has 2 aromatic heterocycles. The average molecular weight is 531 g/mol. The van der Waals surface area contributed by atoms with Gasteiger partial charge in [-0.1, -0.05) is 10.4 Å². The van der Waals surface area contributed by atoms with Crippen LogP contribution in [-0.2, 0) is 4.74 Å². The van der Waals surface area contributed by atoms with Crippen molar-refractivity contribution in [1.29, 1.82) is 0 Å². The van der Waals surface area contributed by atoms with Gasteiger partial charge < -0.3 is 29.7 Å². The number of hydrogen-bond donors (Lipinski definition) is 4. The molecule has 0 radical (unpaired) electrons. The average Bonchev–Trinajstić information content (AvgIpc) is 3.45. The molecular weight excluding hydrogens is 505 g/mol. The normalized spacial score (nSPS) is 25.8. The van der Waals surface area contributed by atoms with Crippen molar-refractivity contribution in [1.82, 2.24) is 20.2 Å². The van der Waals surface area contributed by atoms with Crippen molar-refractivity contribution in [2.45, 2.75) is 61.4 Å². The van der Waals surface area contributed by atoms with Crippen molar-refractivity contribution in [2.75, 3.05) is 6.61 Å². The lowest BCUT2D eigenvalue weighted by atomic mass is 9.97. The molecule has 10 nitrogen and oxygen atoms in total. The highest BCUT2D eigenvalue weighted by Crippen LogP contribution is 2.46. The molecule has 0 amide bonds. The van der Waals surface area contributed by atoms with Crippen molar-refractivity contribution >= 4 is 11.8 Å². The van der Waals surface area contributed by atoms with Crippen LogP contribution in [0.5, 0.6) is 0 Å². The molecule has 14 heteroatoms. The van der Waals surface area contributed by atoms with Crippen molar-refractivity contribution in [3.63, 3.8) is 0 Å². The van der Waals surface area contributed by atoms with Crippen molar-refractivity contribution in [3.05, 3.63) is 53.3 Å². The molecule has 196 valence electrons. The van der Waals surface area contributed by atoms with Gasteiger partial charge in [0.05, 0.1) is 23.7 Å². The lowest BCUT2D eigenvalue weighted by molar-refractivity contribution is -0.179.